The lowest BCUT2D eigenvalue weighted by molar-refractivity contribution is -0.116. The Morgan fingerprint density at radius 3 is 2.47 bits per heavy atom. The number of pyridine rings is 1. The van der Waals surface area contributed by atoms with Gasteiger partial charge in [0.05, 0.1) is 21.8 Å². The van der Waals surface area contributed by atoms with Crippen molar-refractivity contribution in [3.63, 3.8) is 0 Å². The van der Waals surface area contributed by atoms with Crippen molar-refractivity contribution in [3.8, 4) is 11.4 Å². The van der Waals surface area contributed by atoms with Gasteiger partial charge in [0, 0.05) is 36.5 Å². The molecule has 168 valence electrons. The number of nitrogens with zero attached hydrogens (tertiary/aromatic N) is 4. The van der Waals surface area contributed by atoms with Crippen molar-refractivity contribution in [1.29, 1.82) is 0 Å². The van der Waals surface area contributed by atoms with Crippen LogP contribution >= 0.6 is 11.6 Å². The van der Waals surface area contributed by atoms with E-state index < -0.39 is 11.8 Å². The van der Waals surface area contributed by atoms with Gasteiger partial charge in [0.2, 0.25) is 17.6 Å². The number of carbonyl (C=O) groups is 3. The number of carbonyl (C=O) groups excluding carboxylic acids is 3. The Morgan fingerprint density at radius 1 is 1.03 bits per heavy atom. The molecule has 10 heteroatoms. The number of imide groups is 1. The summed E-state index contributed by atoms with van der Waals surface area (Å²) in [7, 11) is 0. The van der Waals surface area contributed by atoms with E-state index in [-0.39, 0.29) is 29.5 Å². The average molecular weight is 474 g/mol. The van der Waals surface area contributed by atoms with Crippen LogP contribution in [0.1, 0.15) is 33.0 Å². The molecule has 5 rings (SSSR count). The number of amides is 3. The highest BCUT2D eigenvalue weighted by molar-refractivity contribution is 6.40. The predicted octanol–water partition coefficient (Wildman–Crippen LogP) is 4.16. The van der Waals surface area contributed by atoms with Crippen molar-refractivity contribution in [2.75, 3.05) is 10.2 Å². The fraction of sp³-hybridized carbons (Fsp3) is 0.0833. The number of halogens is 1. The molecular weight excluding hydrogens is 458 g/mol. The van der Waals surface area contributed by atoms with Crippen LogP contribution in [0, 0.1) is 0 Å². The maximum absolute atomic E-state index is 12.7. The number of rotatable bonds is 6. The Balaban J connectivity index is 1.23. The molecule has 0 bridgehead atoms. The Morgan fingerprint density at radius 2 is 1.79 bits per heavy atom. The molecule has 2 aromatic carbocycles. The summed E-state index contributed by atoms with van der Waals surface area (Å²) in [5.74, 6) is -0.438. The molecule has 0 radical (unpaired) electrons. The topological polar surface area (TPSA) is 118 Å². The van der Waals surface area contributed by atoms with Gasteiger partial charge in [-0.15, -0.1) is 0 Å². The number of hydrogen-bond donors (Lipinski definition) is 1. The van der Waals surface area contributed by atoms with E-state index in [2.05, 4.69) is 20.4 Å². The third-order valence-electron chi connectivity index (χ3n) is 5.22. The molecule has 3 heterocycles. The first-order chi connectivity index (χ1) is 16.5. The molecule has 0 fully saturated rings. The highest BCUT2D eigenvalue weighted by atomic mass is 35.5. The van der Waals surface area contributed by atoms with Gasteiger partial charge in [-0.05, 0) is 42.5 Å². The third kappa shape index (κ3) is 4.04. The van der Waals surface area contributed by atoms with E-state index in [1.807, 2.05) is 6.07 Å². The smallest absolute Gasteiger partial charge is 0.266 e. The second-order valence-corrected chi connectivity index (χ2v) is 7.87. The summed E-state index contributed by atoms with van der Waals surface area (Å²) in [6.07, 6.45) is 3.62. The lowest BCUT2D eigenvalue weighted by Gasteiger charge is -2.16. The van der Waals surface area contributed by atoms with Crippen LogP contribution in [0.15, 0.2) is 71.5 Å². The van der Waals surface area contributed by atoms with E-state index in [0.717, 1.165) is 10.5 Å². The predicted molar refractivity (Wildman–Crippen MR) is 124 cm³/mol. The van der Waals surface area contributed by atoms with E-state index in [9.17, 15) is 14.4 Å². The van der Waals surface area contributed by atoms with Crippen molar-refractivity contribution >= 4 is 40.7 Å². The van der Waals surface area contributed by atoms with Crippen LogP contribution in [-0.2, 0) is 11.2 Å². The van der Waals surface area contributed by atoms with Gasteiger partial charge in [-0.3, -0.25) is 19.4 Å². The molecule has 0 unspecified atom stereocenters. The van der Waals surface area contributed by atoms with Crippen molar-refractivity contribution in [2.45, 2.75) is 12.8 Å². The zero-order valence-corrected chi connectivity index (χ0v) is 18.3. The van der Waals surface area contributed by atoms with Crippen LogP contribution in [0.2, 0.25) is 5.02 Å². The zero-order valence-electron chi connectivity index (χ0n) is 17.6. The SMILES string of the molecule is O=C(CCc1nc(-c2cccnc2)no1)Nc1ccc(N2C(=O)c3ccccc3C2=O)c(Cl)c1. The molecule has 3 amide bonds. The minimum Gasteiger partial charge on any atom is -0.339 e. The maximum atomic E-state index is 12.7. The van der Waals surface area contributed by atoms with Crippen LogP contribution < -0.4 is 10.2 Å². The van der Waals surface area contributed by atoms with Gasteiger partial charge in [-0.1, -0.05) is 28.9 Å². The normalized spacial score (nSPS) is 12.7. The van der Waals surface area contributed by atoms with Gasteiger partial charge in [-0.2, -0.15) is 4.98 Å². The van der Waals surface area contributed by atoms with Gasteiger partial charge in [-0.25, -0.2) is 4.90 Å². The maximum Gasteiger partial charge on any atom is 0.266 e. The number of benzene rings is 2. The molecule has 1 aliphatic rings. The molecule has 0 spiro atoms. The van der Waals surface area contributed by atoms with Crippen LogP contribution in [0.3, 0.4) is 0 Å². The first-order valence-corrected chi connectivity index (χ1v) is 10.7. The van der Waals surface area contributed by atoms with Gasteiger partial charge >= 0.3 is 0 Å². The van der Waals surface area contributed by atoms with E-state index in [1.54, 1.807) is 48.8 Å². The number of anilines is 2. The van der Waals surface area contributed by atoms with Gasteiger partial charge in [0.15, 0.2) is 0 Å². The first-order valence-electron chi connectivity index (χ1n) is 10.3. The molecule has 2 aromatic heterocycles. The summed E-state index contributed by atoms with van der Waals surface area (Å²) in [6.45, 7) is 0. The standard InChI is InChI=1S/C24H16ClN5O4/c25-18-12-15(7-8-19(18)30-23(32)16-5-1-2-6-17(16)24(30)33)27-20(31)9-10-21-28-22(29-34-21)14-4-3-11-26-13-14/h1-8,11-13H,9-10H2,(H,27,31). The van der Waals surface area contributed by atoms with Gasteiger partial charge in [0.25, 0.3) is 11.8 Å². The summed E-state index contributed by atoms with van der Waals surface area (Å²) in [5, 5.41) is 6.79. The molecule has 0 aliphatic carbocycles. The van der Waals surface area contributed by atoms with Gasteiger partial charge in [0.1, 0.15) is 0 Å². The Bertz CT molecular complexity index is 1380. The fourth-order valence-electron chi connectivity index (χ4n) is 3.59. The summed E-state index contributed by atoms with van der Waals surface area (Å²) < 4.78 is 5.20. The lowest BCUT2D eigenvalue weighted by Crippen LogP contribution is -2.29. The van der Waals surface area contributed by atoms with E-state index in [1.165, 1.54) is 12.1 Å². The highest BCUT2D eigenvalue weighted by Crippen LogP contribution is 2.34. The van der Waals surface area contributed by atoms with Crippen molar-refractivity contribution < 1.29 is 18.9 Å². The molecular formula is C24H16ClN5O4. The molecule has 34 heavy (non-hydrogen) atoms. The Kier molecular flexibility index (Phi) is 5.60. The van der Waals surface area contributed by atoms with Crippen LogP contribution in [0.5, 0.6) is 0 Å². The Hall–Kier alpha value is -4.37. The molecule has 0 saturated carbocycles. The fourth-order valence-corrected chi connectivity index (χ4v) is 3.85. The number of fused-ring (bicyclic) bond motifs is 1. The third-order valence-corrected chi connectivity index (χ3v) is 5.52. The van der Waals surface area contributed by atoms with Crippen molar-refractivity contribution in [3.05, 3.63) is 89.0 Å². The minimum absolute atomic E-state index is 0.104. The number of aromatic nitrogens is 3. The van der Waals surface area contributed by atoms with Crippen LogP contribution in [-0.4, -0.2) is 32.8 Å². The Labute approximate surface area is 198 Å². The van der Waals surface area contributed by atoms with E-state index in [4.69, 9.17) is 16.1 Å². The summed E-state index contributed by atoms with van der Waals surface area (Å²) in [4.78, 5) is 47.1. The molecule has 0 atom stereocenters. The average Bonchev–Trinajstić information content (AvgIpc) is 3.42. The number of aryl methyl sites for hydroxylation is 1. The van der Waals surface area contributed by atoms with Gasteiger partial charge < -0.3 is 9.84 Å². The van der Waals surface area contributed by atoms with Crippen LogP contribution in [0.25, 0.3) is 11.4 Å². The van der Waals surface area contributed by atoms with Crippen LogP contribution in [0.4, 0.5) is 11.4 Å². The second-order valence-electron chi connectivity index (χ2n) is 7.46. The van der Waals surface area contributed by atoms with Crippen molar-refractivity contribution in [1.82, 2.24) is 15.1 Å². The quantitative estimate of drug-likeness (QED) is 0.418. The second kappa shape index (κ2) is 8.87. The molecule has 1 aliphatic heterocycles. The summed E-state index contributed by atoms with van der Waals surface area (Å²) >= 11 is 6.36. The van der Waals surface area contributed by atoms with Crippen molar-refractivity contribution in [2.24, 2.45) is 0 Å². The highest BCUT2D eigenvalue weighted by Gasteiger charge is 2.37. The molecule has 1 N–H and O–H groups in total. The number of nitrogens with one attached hydrogen (secondary N) is 1. The lowest BCUT2D eigenvalue weighted by atomic mass is 10.1. The minimum atomic E-state index is -0.440. The molecule has 4 aromatic rings. The van der Waals surface area contributed by atoms with E-state index >= 15 is 0 Å². The largest absolute Gasteiger partial charge is 0.339 e. The first kappa shape index (κ1) is 21.5. The van der Waals surface area contributed by atoms with E-state index in [0.29, 0.717) is 28.5 Å². The number of hydrogen-bond acceptors (Lipinski definition) is 7. The molecule has 0 saturated heterocycles. The zero-order chi connectivity index (χ0) is 23.7. The monoisotopic (exact) mass is 473 g/mol. The summed E-state index contributed by atoms with van der Waals surface area (Å²) in [6, 6.07) is 14.8. The molecule has 9 nitrogen and oxygen atoms in total. The summed E-state index contributed by atoms with van der Waals surface area (Å²) in [5.41, 5.74) is 2.05.